The van der Waals surface area contributed by atoms with Gasteiger partial charge in [-0.1, -0.05) is 0 Å². The molecule has 0 radical (unpaired) electrons. The Labute approximate surface area is 148 Å². The molecule has 0 bridgehead atoms. The topological polar surface area (TPSA) is 75.0 Å². The zero-order valence-electron chi connectivity index (χ0n) is 15.0. The summed E-state index contributed by atoms with van der Waals surface area (Å²) in [7, 11) is 0. The first kappa shape index (κ1) is 17.9. The van der Waals surface area contributed by atoms with Gasteiger partial charge in [0.05, 0.1) is 25.0 Å². The van der Waals surface area contributed by atoms with Gasteiger partial charge < -0.3 is 19.4 Å². The van der Waals surface area contributed by atoms with E-state index in [1.165, 1.54) is 6.26 Å². The number of nitrogens with zero attached hydrogens (tertiary/aromatic N) is 2. The van der Waals surface area contributed by atoms with Crippen LogP contribution in [0.1, 0.15) is 37.2 Å². The average Bonchev–Trinajstić information content (AvgIpc) is 3.08. The Hall–Kier alpha value is -1.86. The Morgan fingerprint density at radius 1 is 1.28 bits per heavy atom. The molecule has 3 rings (SSSR count). The standard InChI is InChI=1S/C18H27N3O4/c1-18(2)13-20(9-11-25-18)12-16(22)19-14-5-7-21(8-6-14)17(23)15-4-3-10-24-15/h3-4,10,14H,5-9,11-13H2,1-2H3,(H,19,22). The fourth-order valence-electron chi connectivity index (χ4n) is 3.51. The van der Waals surface area contributed by atoms with Gasteiger partial charge in [-0.3, -0.25) is 14.5 Å². The lowest BCUT2D eigenvalue weighted by molar-refractivity contribution is -0.128. The third kappa shape index (κ3) is 4.83. The number of carbonyl (C=O) groups excluding carboxylic acids is 2. The van der Waals surface area contributed by atoms with Crippen molar-refractivity contribution in [3.8, 4) is 0 Å². The maximum absolute atomic E-state index is 12.3. The average molecular weight is 349 g/mol. The highest BCUT2D eigenvalue weighted by atomic mass is 16.5. The Morgan fingerprint density at radius 3 is 2.68 bits per heavy atom. The van der Waals surface area contributed by atoms with Crippen LogP contribution >= 0.6 is 0 Å². The number of hydrogen-bond donors (Lipinski definition) is 1. The molecule has 3 heterocycles. The highest BCUT2D eigenvalue weighted by Crippen LogP contribution is 2.17. The van der Waals surface area contributed by atoms with Gasteiger partial charge in [-0.15, -0.1) is 0 Å². The minimum Gasteiger partial charge on any atom is -0.459 e. The van der Waals surface area contributed by atoms with Crippen molar-refractivity contribution in [2.24, 2.45) is 0 Å². The predicted molar refractivity (Wildman–Crippen MR) is 92.2 cm³/mol. The Bertz CT molecular complexity index is 591. The zero-order valence-corrected chi connectivity index (χ0v) is 15.0. The number of ether oxygens (including phenoxy) is 1. The summed E-state index contributed by atoms with van der Waals surface area (Å²) in [4.78, 5) is 28.5. The number of rotatable bonds is 4. The summed E-state index contributed by atoms with van der Waals surface area (Å²) in [5, 5.41) is 3.10. The number of nitrogens with one attached hydrogen (secondary N) is 1. The largest absolute Gasteiger partial charge is 0.459 e. The summed E-state index contributed by atoms with van der Waals surface area (Å²) in [5.41, 5.74) is -0.198. The van der Waals surface area contributed by atoms with Crippen LogP contribution in [0.25, 0.3) is 0 Å². The maximum Gasteiger partial charge on any atom is 0.289 e. The molecule has 2 fully saturated rings. The first-order valence-electron chi connectivity index (χ1n) is 8.91. The van der Waals surface area contributed by atoms with Crippen LogP contribution < -0.4 is 5.32 Å². The molecule has 1 aromatic heterocycles. The van der Waals surface area contributed by atoms with Gasteiger partial charge in [0.1, 0.15) is 0 Å². The van der Waals surface area contributed by atoms with Gasteiger partial charge in [-0.2, -0.15) is 0 Å². The molecule has 1 aromatic rings. The van der Waals surface area contributed by atoms with E-state index in [1.54, 1.807) is 17.0 Å². The number of amides is 2. The third-order valence-electron chi connectivity index (χ3n) is 4.75. The molecule has 0 atom stereocenters. The summed E-state index contributed by atoms with van der Waals surface area (Å²) in [5.74, 6) is 0.344. The van der Waals surface area contributed by atoms with Gasteiger partial charge in [0.15, 0.2) is 5.76 Å². The molecular formula is C18H27N3O4. The highest BCUT2D eigenvalue weighted by Gasteiger charge is 2.29. The van der Waals surface area contributed by atoms with Crippen molar-refractivity contribution in [3.05, 3.63) is 24.2 Å². The van der Waals surface area contributed by atoms with Crippen LogP contribution in [-0.4, -0.2) is 72.6 Å². The van der Waals surface area contributed by atoms with Crippen LogP contribution in [0.4, 0.5) is 0 Å². The molecule has 0 aliphatic carbocycles. The normalized spacial score (nSPS) is 21.9. The van der Waals surface area contributed by atoms with Crippen molar-refractivity contribution in [1.82, 2.24) is 15.1 Å². The molecule has 0 saturated carbocycles. The second-order valence-corrected chi connectivity index (χ2v) is 7.43. The Balaban J connectivity index is 1.41. The SMILES string of the molecule is CC1(C)CN(CC(=O)NC2CCN(C(=O)c3ccco3)CC2)CCO1. The number of furan rings is 1. The number of morpholine rings is 1. The van der Waals surface area contributed by atoms with Gasteiger partial charge >= 0.3 is 0 Å². The molecule has 1 N–H and O–H groups in total. The van der Waals surface area contributed by atoms with Crippen LogP contribution in [-0.2, 0) is 9.53 Å². The molecule has 138 valence electrons. The maximum atomic E-state index is 12.3. The number of carbonyl (C=O) groups is 2. The second-order valence-electron chi connectivity index (χ2n) is 7.43. The van der Waals surface area contributed by atoms with E-state index < -0.39 is 0 Å². The van der Waals surface area contributed by atoms with Gasteiger partial charge in [-0.25, -0.2) is 0 Å². The summed E-state index contributed by atoms with van der Waals surface area (Å²) in [6, 6.07) is 3.52. The zero-order chi connectivity index (χ0) is 17.9. The van der Waals surface area contributed by atoms with Crippen molar-refractivity contribution in [3.63, 3.8) is 0 Å². The first-order chi connectivity index (χ1) is 11.9. The predicted octanol–water partition coefficient (Wildman–Crippen LogP) is 1.11. The highest BCUT2D eigenvalue weighted by molar-refractivity contribution is 5.91. The third-order valence-corrected chi connectivity index (χ3v) is 4.75. The van der Waals surface area contributed by atoms with E-state index in [2.05, 4.69) is 10.2 Å². The summed E-state index contributed by atoms with van der Waals surface area (Å²) < 4.78 is 10.8. The Morgan fingerprint density at radius 2 is 2.04 bits per heavy atom. The summed E-state index contributed by atoms with van der Waals surface area (Å²) >= 11 is 0. The molecule has 0 unspecified atom stereocenters. The van der Waals surface area contributed by atoms with Crippen molar-refractivity contribution in [1.29, 1.82) is 0 Å². The van der Waals surface area contributed by atoms with Crippen molar-refractivity contribution >= 4 is 11.8 Å². The second kappa shape index (κ2) is 7.58. The van der Waals surface area contributed by atoms with Crippen molar-refractivity contribution < 1.29 is 18.7 Å². The quantitative estimate of drug-likeness (QED) is 0.881. The number of hydrogen-bond acceptors (Lipinski definition) is 5. The molecule has 0 spiro atoms. The molecule has 2 aliphatic heterocycles. The van der Waals surface area contributed by atoms with Gasteiger partial charge in [0.2, 0.25) is 5.91 Å². The van der Waals surface area contributed by atoms with Crippen LogP contribution in [0.5, 0.6) is 0 Å². The Kier molecular flexibility index (Phi) is 5.44. The molecule has 2 amide bonds. The van der Waals surface area contributed by atoms with E-state index in [-0.39, 0.29) is 23.5 Å². The molecule has 25 heavy (non-hydrogen) atoms. The van der Waals surface area contributed by atoms with E-state index in [0.717, 1.165) is 25.9 Å². The van der Waals surface area contributed by atoms with E-state index >= 15 is 0 Å². The first-order valence-corrected chi connectivity index (χ1v) is 8.91. The smallest absolute Gasteiger partial charge is 0.289 e. The van der Waals surface area contributed by atoms with E-state index in [1.807, 2.05) is 13.8 Å². The van der Waals surface area contributed by atoms with E-state index in [4.69, 9.17) is 9.15 Å². The lowest BCUT2D eigenvalue weighted by atomic mass is 10.0. The van der Waals surface area contributed by atoms with Crippen LogP contribution in [0.2, 0.25) is 0 Å². The lowest BCUT2D eigenvalue weighted by Crippen LogP contribution is -2.53. The molecular weight excluding hydrogens is 322 g/mol. The van der Waals surface area contributed by atoms with Gasteiger partial charge in [-0.05, 0) is 38.8 Å². The molecule has 2 aliphatic rings. The number of piperidine rings is 1. The fraction of sp³-hybridized carbons (Fsp3) is 0.667. The van der Waals surface area contributed by atoms with Gasteiger partial charge in [0.25, 0.3) is 5.91 Å². The van der Waals surface area contributed by atoms with Crippen molar-refractivity contribution in [2.45, 2.75) is 38.3 Å². The number of likely N-dealkylation sites (tertiary alicyclic amines) is 1. The summed E-state index contributed by atoms with van der Waals surface area (Å²) in [6.07, 6.45) is 3.05. The van der Waals surface area contributed by atoms with Crippen molar-refractivity contribution in [2.75, 3.05) is 39.3 Å². The van der Waals surface area contributed by atoms with Crippen LogP contribution in [0.15, 0.2) is 22.8 Å². The lowest BCUT2D eigenvalue weighted by Gasteiger charge is -2.38. The summed E-state index contributed by atoms with van der Waals surface area (Å²) in [6.45, 7) is 7.96. The minimum atomic E-state index is -0.198. The fourth-order valence-corrected chi connectivity index (χ4v) is 3.51. The van der Waals surface area contributed by atoms with E-state index in [9.17, 15) is 9.59 Å². The molecule has 7 heteroatoms. The molecule has 0 aromatic carbocycles. The minimum absolute atomic E-state index is 0.0495. The van der Waals surface area contributed by atoms with Crippen LogP contribution in [0.3, 0.4) is 0 Å². The molecule has 7 nitrogen and oxygen atoms in total. The monoisotopic (exact) mass is 349 g/mol. The van der Waals surface area contributed by atoms with Gasteiger partial charge in [0, 0.05) is 32.2 Å². The van der Waals surface area contributed by atoms with E-state index in [0.29, 0.717) is 32.0 Å². The molecule has 2 saturated heterocycles. The van der Waals surface area contributed by atoms with Crippen LogP contribution in [0, 0.1) is 0 Å².